The SMILES string of the molecule is Cc1ccc(NC(=O)C2CCC2C(=O)O)cc1NC(=O)C(C)(C)C. The van der Waals surface area contributed by atoms with Crippen molar-refractivity contribution in [3.05, 3.63) is 23.8 Å². The zero-order valence-corrected chi connectivity index (χ0v) is 14.5. The van der Waals surface area contributed by atoms with Gasteiger partial charge in [-0.05, 0) is 37.5 Å². The van der Waals surface area contributed by atoms with Crippen LogP contribution in [0.25, 0.3) is 0 Å². The van der Waals surface area contributed by atoms with Gasteiger partial charge in [0.2, 0.25) is 11.8 Å². The molecule has 130 valence electrons. The lowest BCUT2D eigenvalue weighted by Gasteiger charge is -2.32. The van der Waals surface area contributed by atoms with E-state index in [2.05, 4.69) is 10.6 Å². The second-order valence-corrected chi connectivity index (χ2v) is 7.35. The molecule has 1 aliphatic rings. The second-order valence-electron chi connectivity index (χ2n) is 7.35. The van der Waals surface area contributed by atoms with Gasteiger partial charge in [-0.25, -0.2) is 0 Å². The van der Waals surface area contributed by atoms with Crippen molar-refractivity contribution in [1.82, 2.24) is 0 Å². The van der Waals surface area contributed by atoms with Crippen molar-refractivity contribution >= 4 is 29.2 Å². The monoisotopic (exact) mass is 332 g/mol. The van der Waals surface area contributed by atoms with Gasteiger partial charge in [-0.2, -0.15) is 0 Å². The first-order valence-electron chi connectivity index (χ1n) is 8.05. The first-order chi connectivity index (χ1) is 11.1. The molecule has 0 heterocycles. The van der Waals surface area contributed by atoms with Crippen LogP contribution < -0.4 is 10.6 Å². The van der Waals surface area contributed by atoms with Gasteiger partial charge in [0.1, 0.15) is 0 Å². The summed E-state index contributed by atoms with van der Waals surface area (Å²) in [5.74, 6) is -2.42. The number of aliphatic carboxylic acids is 1. The minimum absolute atomic E-state index is 0.112. The fourth-order valence-corrected chi connectivity index (χ4v) is 2.49. The molecule has 6 heteroatoms. The Balaban J connectivity index is 2.09. The lowest BCUT2D eigenvalue weighted by molar-refractivity contribution is -0.151. The number of carbonyl (C=O) groups excluding carboxylic acids is 2. The third-order valence-corrected chi connectivity index (χ3v) is 4.36. The maximum absolute atomic E-state index is 12.2. The van der Waals surface area contributed by atoms with Crippen molar-refractivity contribution in [2.45, 2.75) is 40.5 Å². The molecule has 0 aromatic heterocycles. The maximum atomic E-state index is 12.2. The number of hydrogen-bond acceptors (Lipinski definition) is 3. The standard InChI is InChI=1S/C18H24N2O4/c1-10-5-6-11(9-14(10)20-17(24)18(2,3)4)19-15(21)12-7-8-13(12)16(22)23/h5-6,9,12-13H,7-8H2,1-4H3,(H,19,21)(H,20,24)(H,22,23). The van der Waals surface area contributed by atoms with Gasteiger partial charge >= 0.3 is 5.97 Å². The molecule has 2 atom stereocenters. The van der Waals surface area contributed by atoms with Crippen LogP contribution in [0.1, 0.15) is 39.2 Å². The Morgan fingerprint density at radius 2 is 1.71 bits per heavy atom. The van der Waals surface area contributed by atoms with E-state index in [1.54, 1.807) is 12.1 Å². The Morgan fingerprint density at radius 1 is 1.08 bits per heavy atom. The summed E-state index contributed by atoms with van der Waals surface area (Å²) in [6.07, 6.45) is 1.12. The molecule has 1 fully saturated rings. The van der Waals surface area contributed by atoms with E-state index >= 15 is 0 Å². The normalized spacial score (nSPS) is 20.0. The summed E-state index contributed by atoms with van der Waals surface area (Å²) < 4.78 is 0. The summed E-state index contributed by atoms with van der Waals surface area (Å²) in [6, 6.07) is 5.25. The summed E-state index contributed by atoms with van der Waals surface area (Å²) in [6.45, 7) is 7.35. The minimum atomic E-state index is -0.927. The van der Waals surface area contributed by atoms with Crippen LogP contribution in [-0.2, 0) is 14.4 Å². The van der Waals surface area contributed by atoms with Crippen LogP contribution in [0, 0.1) is 24.2 Å². The van der Waals surface area contributed by atoms with E-state index in [0.29, 0.717) is 24.2 Å². The Bertz CT molecular complexity index is 676. The molecule has 2 amide bonds. The Kier molecular flexibility index (Phi) is 4.96. The molecule has 0 spiro atoms. The van der Waals surface area contributed by atoms with Crippen molar-refractivity contribution in [2.24, 2.45) is 17.3 Å². The number of rotatable bonds is 4. The highest BCUT2D eigenvalue weighted by Gasteiger charge is 2.41. The first-order valence-corrected chi connectivity index (χ1v) is 8.05. The van der Waals surface area contributed by atoms with Gasteiger partial charge in [0.15, 0.2) is 0 Å². The number of anilines is 2. The van der Waals surface area contributed by atoms with Crippen molar-refractivity contribution in [2.75, 3.05) is 10.6 Å². The smallest absolute Gasteiger partial charge is 0.307 e. The Hall–Kier alpha value is -2.37. The zero-order valence-electron chi connectivity index (χ0n) is 14.5. The highest BCUT2D eigenvalue weighted by Crippen LogP contribution is 2.35. The van der Waals surface area contributed by atoms with Gasteiger partial charge in [-0.1, -0.05) is 26.8 Å². The average molecular weight is 332 g/mol. The Morgan fingerprint density at radius 3 is 2.21 bits per heavy atom. The molecule has 2 rings (SSSR count). The van der Waals surface area contributed by atoms with Gasteiger partial charge in [-0.3, -0.25) is 14.4 Å². The molecule has 1 aliphatic carbocycles. The number of carboxylic acids is 1. The highest BCUT2D eigenvalue weighted by atomic mass is 16.4. The molecule has 2 unspecified atom stereocenters. The molecule has 1 aromatic carbocycles. The van der Waals surface area contributed by atoms with E-state index in [1.807, 2.05) is 33.8 Å². The molecule has 3 N–H and O–H groups in total. The van der Waals surface area contributed by atoms with Crippen molar-refractivity contribution in [1.29, 1.82) is 0 Å². The highest BCUT2D eigenvalue weighted by molar-refractivity contribution is 5.98. The summed E-state index contributed by atoms with van der Waals surface area (Å²) in [5.41, 5.74) is 1.55. The number of amides is 2. The Labute approximate surface area is 141 Å². The van der Waals surface area contributed by atoms with Gasteiger partial charge in [-0.15, -0.1) is 0 Å². The average Bonchev–Trinajstić information content (AvgIpc) is 2.39. The molecule has 1 aromatic rings. The van der Waals surface area contributed by atoms with Crippen LogP contribution in [0.3, 0.4) is 0 Å². The molecule has 6 nitrogen and oxygen atoms in total. The third-order valence-electron chi connectivity index (χ3n) is 4.36. The summed E-state index contributed by atoms with van der Waals surface area (Å²) in [4.78, 5) is 35.4. The first kappa shape index (κ1) is 18.0. The number of nitrogens with one attached hydrogen (secondary N) is 2. The van der Waals surface area contributed by atoms with Crippen LogP contribution >= 0.6 is 0 Å². The van der Waals surface area contributed by atoms with Gasteiger partial charge in [0, 0.05) is 16.8 Å². The lowest BCUT2D eigenvalue weighted by Crippen LogP contribution is -2.41. The van der Waals surface area contributed by atoms with Crippen molar-refractivity contribution in [3.8, 4) is 0 Å². The van der Waals surface area contributed by atoms with Gasteiger partial charge in [0.25, 0.3) is 0 Å². The predicted octanol–water partition coefficient (Wildman–Crippen LogP) is 3.03. The van der Waals surface area contributed by atoms with E-state index in [1.165, 1.54) is 0 Å². The summed E-state index contributed by atoms with van der Waals surface area (Å²) in [5, 5.41) is 14.7. The van der Waals surface area contributed by atoms with Crippen LogP contribution in [0.5, 0.6) is 0 Å². The number of carboxylic acid groups (broad SMARTS) is 1. The van der Waals surface area contributed by atoms with E-state index in [9.17, 15) is 14.4 Å². The van der Waals surface area contributed by atoms with Crippen molar-refractivity contribution < 1.29 is 19.5 Å². The van der Waals surface area contributed by atoms with E-state index in [0.717, 1.165) is 5.56 Å². The van der Waals surface area contributed by atoms with Crippen LogP contribution in [0.2, 0.25) is 0 Å². The van der Waals surface area contributed by atoms with Crippen molar-refractivity contribution in [3.63, 3.8) is 0 Å². The minimum Gasteiger partial charge on any atom is -0.481 e. The van der Waals surface area contributed by atoms with E-state index in [-0.39, 0.29) is 11.8 Å². The molecule has 1 saturated carbocycles. The van der Waals surface area contributed by atoms with Gasteiger partial charge in [0.05, 0.1) is 11.8 Å². The third kappa shape index (κ3) is 3.93. The fourth-order valence-electron chi connectivity index (χ4n) is 2.49. The molecular weight excluding hydrogens is 308 g/mol. The molecule has 0 saturated heterocycles. The van der Waals surface area contributed by atoms with Crippen LogP contribution in [0.15, 0.2) is 18.2 Å². The summed E-state index contributed by atoms with van der Waals surface area (Å²) >= 11 is 0. The quantitative estimate of drug-likeness (QED) is 0.789. The largest absolute Gasteiger partial charge is 0.481 e. The number of carbonyl (C=O) groups is 3. The molecule has 0 aliphatic heterocycles. The van der Waals surface area contributed by atoms with E-state index in [4.69, 9.17) is 5.11 Å². The molecule has 0 radical (unpaired) electrons. The van der Waals surface area contributed by atoms with Crippen LogP contribution in [-0.4, -0.2) is 22.9 Å². The number of aryl methyl sites for hydroxylation is 1. The van der Waals surface area contributed by atoms with Crippen LogP contribution in [0.4, 0.5) is 11.4 Å². The fraction of sp³-hybridized carbons (Fsp3) is 0.500. The zero-order chi connectivity index (χ0) is 18.1. The second kappa shape index (κ2) is 6.63. The summed E-state index contributed by atoms with van der Waals surface area (Å²) in [7, 11) is 0. The maximum Gasteiger partial charge on any atom is 0.307 e. The molecule has 24 heavy (non-hydrogen) atoms. The molecule has 0 bridgehead atoms. The topological polar surface area (TPSA) is 95.5 Å². The number of hydrogen-bond donors (Lipinski definition) is 3. The number of benzene rings is 1. The van der Waals surface area contributed by atoms with Gasteiger partial charge < -0.3 is 15.7 Å². The predicted molar refractivity (Wildman–Crippen MR) is 91.7 cm³/mol. The molecular formula is C18H24N2O4. The van der Waals surface area contributed by atoms with E-state index < -0.39 is 23.2 Å². The lowest BCUT2D eigenvalue weighted by atomic mass is 9.73.